The Labute approximate surface area is 117 Å². The smallest absolute Gasteiger partial charge is 0.407 e. The van der Waals surface area contributed by atoms with Gasteiger partial charge in [-0.2, -0.15) is 0 Å². The van der Waals surface area contributed by atoms with Crippen molar-refractivity contribution in [2.24, 2.45) is 0 Å². The molecule has 108 valence electrons. The van der Waals surface area contributed by atoms with Crippen LogP contribution >= 0.6 is 0 Å². The minimum Gasteiger partial charge on any atom is -0.479 e. The molecule has 0 bridgehead atoms. The molecule has 0 aliphatic carbocycles. The molecule has 2 amide bonds. The maximum Gasteiger partial charge on any atom is 0.407 e. The Morgan fingerprint density at radius 2 is 2.30 bits per heavy atom. The van der Waals surface area contributed by atoms with Crippen LogP contribution in [0.2, 0.25) is 0 Å². The third-order valence-corrected chi connectivity index (χ3v) is 2.93. The number of benzene rings is 1. The summed E-state index contributed by atoms with van der Waals surface area (Å²) in [6.45, 7) is 4.29. The van der Waals surface area contributed by atoms with Crippen LogP contribution < -0.4 is 15.4 Å². The van der Waals surface area contributed by atoms with Crippen LogP contribution in [-0.4, -0.2) is 31.3 Å². The second-order valence-electron chi connectivity index (χ2n) is 4.48. The van der Waals surface area contributed by atoms with Crippen LogP contribution in [0.1, 0.15) is 19.4 Å². The molecule has 0 aromatic heterocycles. The first kappa shape index (κ1) is 14.2. The summed E-state index contributed by atoms with van der Waals surface area (Å²) in [6, 6.07) is 5.59. The van der Waals surface area contributed by atoms with E-state index >= 15 is 0 Å². The van der Waals surface area contributed by atoms with Gasteiger partial charge in [-0.3, -0.25) is 4.79 Å². The predicted molar refractivity (Wildman–Crippen MR) is 73.9 cm³/mol. The highest BCUT2D eigenvalue weighted by atomic mass is 16.5. The zero-order valence-electron chi connectivity index (χ0n) is 11.6. The summed E-state index contributed by atoms with van der Waals surface area (Å²) in [6.07, 6.45) is -0.243. The van der Waals surface area contributed by atoms with Crippen molar-refractivity contribution in [2.45, 2.75) is 26.4 Å². The highest BCUT2D eigenvalue weighted by Crippen LogP contribution is 2.30. The van der Waals surface area contributed by atoms with E-state index in [0.29, 0.717) is 31.0 Å². The van der Waals surface area contributed by atoms with Crippen molar-refractivity contribution in [1.29, 1.82) is 0 Å². The Balaban J connectivity index is 1.93. The fourth-order valence-corrected chi connectivity index (χ4v) is 1.90. The number of carbonyl (C=O) groups is 2. The molecule has 1 aromatic rings. The SMILES string of the molecule is CCOC(=O)NCCc1ccc2c(c1)NC(=O)C(C)O2. The number of hydrogen-bond donors (Lipinski definition) is 2. The van der Waals surface area contributed by atoms with Gasteiger partial charge in [0.05, 0.1) is 12.3 Å². The number of fused-ring (bicyclic) bond motifs is 1. The van der Waals surface area contributed by atoms with E-state index in [-0.39, 0.29) is 5.91 Å². The van der Waals surface area contributed by atoms with Gasteiger partial charge < -0.3 is 20.1 Å². The van der Waals surface area contributed by atoms with E-state index in [4.69, 9.17) is 9.47 Å². The molecule has 1 unspecified atom stereocenters. The van der Waals surface area contributed by atoms with Crippen molar-refractivity contribution in [3.63, 3.8) is 0 Å². The van der Waals surface area contributed by atoms with Gasteiger partial charge in [0.2, 0.25) is 0 Å². The van der Waals surface area contributed by atoms with Gasteiger partial charge in [0.25, 0.3) is 5.91 Å². The lowest BCUT2D eigenvalue weighted by Gasteiger charge is -2.23. The molecule has 0 spiro atoms. The van der Waals surface area contributed by atoms with Gasteiger partial charge in [0.1, 0.15) is 5.75 Å². The first-order chi connectivity index (χ1) is 9.60. The highest BCUT2D eigenvalue weighted by molar-refractivity contribution is 5.97. The minimum absolute atomic E-state index is 0.153. The molecule has 1 aliphatic heterocycles. The second kappa shape index (κ2) is 6.27. The molecule has 6 heteroatoms. The van der Waals surface area contributed by atoms with E-state index in [0.717, 1.165) is 5.56 Å². The molecule has 0 saturated carbocycles. The number of anilines is 1. The lowest BCUT2D eigenvalue weighted by molar-refractivity contribution is -0.122. The average Bonchev–Trinajstić information content (AvgIpc) is 2.41. The third kappa shape index (κ3) is 3.40. The number of amides is 2. The third-order valence-electron chi connectivity index (χ3n) is 2.93. The summed E-state index contributed by atoms with van der Waals surface area (Å²) < 4.78 is 10.2. The topological polar surface area (TPSA) is 76.7 Å². The van der Waals surface area contributed by atoms with Crippen LogP contribution in [0.3, 0.4) is 0 Å². The van der Waals surface area contributed by atoms with Crippen molar-refractivity contribution in [3.8, 4) is 5.75 Å². The van der Waals surface area contributed by atoms with E-state index in [1.807, 2.05) is 18.2 Å². The second-order valence-corrected chi connectivity index (χ2v) is 4.48. The predicted octanol–water partition coefficient (Wildman–Crippen LogP) is 1.69. The molecule has 1 heterocycles. The Morgan fingerprint density at radius 1 is 1.50 bits per heavy atom. The Bertz CT molecular complexity index is 516. The van der Waals surface area contributed by atoms with Crippen LogP contribution in [-0.2, 0) is 16.0 Å². The van der Waals surface area contributed by atoms with Crippen LogP contribution in [0.15, 0.2) is 18.2 Å². The minimum atomic E-state index is -0.473. The molecule has 20 heavy (non-hydrogen) atoms. The number of alkyl carbamates (subject to hydrolysis) is 1. The molecule has 2 rings (SSSR count). The molecule has 2 N–H and O–H groups in total. The normalized spacial score (nSPS) is 16.7. The fourth-order valence-electron chi connectivity index (χ4n) is 1.90. The summed E-state index contributed by atoms with van der Waals surface area (Å²) in [5.41, 5.74) is 1.67. The zero-order chi connectivity index (χ0) is 14.5. The van der Waals surface area contributed by atoms with Crippen molar-refractivity contribution < 1.29 is 19.1 Å². The van der Waals surface area contributed by atoms with Crippen molar-refractivity contribution in [1.82, 2.24) is 5.32 Å². The summed E-state index contributed by atoms with van der Waals surface area (Å²) in [5, 5.41) is 5.44. The lowest BCUT2D eigenvalue weighted by Crippen LogP contribution is -2.34. The van der Waals surface area contributed by atoms with E-state index in [2.05, 4.69) is 10.6 Å². The van der Waals surface area contributed by atoms with E-state index in [9.17, 15) is 9.59 Å². The maximum absolute atomic E-state index is 11.5. The molecule has 0 radical (unpaired) electrons. The summed E-state index contributed by atoms with van der Waals surface area (Å²) in [5.74, 6) is 0.513. The molecule has 1 aliphatic rings. The van der Waals surface area contributed by atoms with Crippen LogP contribution in [0.5, 0.6) is 5.75 Å². The summed E-state index contributed by atoms with van der Waals surface area (Å²) in [7, 11) is 0. The number of nitrogens with one attached hydrogen (secondary N) is 2. The number of ether oxygens (including phenoxy) is 2. The van der Waals surface area contributed by atoms with Crippen molar-refractivity contribution in [2.75, 3.05) is 18.5 Å². The lowest BCUT2D eigenvalue weighted by atomic mass is 10.1. The maximum atomic E-state index is 11.5. The van der Waals surface area contributed by atoms with E-state index < -0.39 is 12.2 Å². The zero-order valence-corrected chi connectivity index (χ0v) is 11.6. The quantitative estimate of drug-likeness (QED) is 0.878. The fraction of sp³-hybridized carbons (Fsp3) is 0.429. The molecular weight excluding hydrogens is 260 g/mol. The number of carbonyl (C=O) groups excluding carboxylic acids is 2. The van der Waals surface area contributed by atoms with Gasteiger partial charge in [-0.25, -0.2) is 4.79 Å². The average molecular weight is 278 g/mol. The largest absolute Gasteiger partial charge is 0.479 e. The van der Waals surface area contributed by atoms with E-state index in [1.54, 1.807) is 13.8 Å². The van der Waals surface area contributed by atoms with Crippen LogP contribution in [0.25, 0.3) is 0 Å². The van der Waals surface area contributed by atoms with Crippen molar-refractivity contribution >= 4 is 17.7 Å². The summed E-state index contributed by atoms with van der Waals surface area (Å²) in [4.78, 5) is 22.7. The Hall–Kier alpha value is -2.24. The standard InChI is InChI=1S/C14H18N2O4/c1-3-19-14(18)15-7-6-10-4-5-12-11(8-10)16-13(17)9(2)20-12/h4-5,8-9H,3,6-7H2,1-2H3,(H,15,18)(H,16,17). The molecule has 1 atom stereocenters. The van der Waals surface area contributed by atoms with Gasteiger partial charge in [-0.15, -0.1) is 0 Å². The molecule has 0 saturated heterocycles. The molecule has 1 aromatic carbocycles. The molecular formula is C14H18N2O4. The Morgan fingerprint density at radius 3 is 3.05 bits per heavy atom. The van der Waals surface area contributed by atoms with E-state index in [1.165, 1.54) is 0 Å². The van der Waals surface area contributed by atoms with Gasteiger partial charge in [0, 0.05) is 6.54 Å². The monoisotopic (exact) mass is 278 g/mol. The van der Waals surface area contributed by atoms with Crippen molar-refractivity contribution in [3.05, 3.63) is 23.8 Å². The van der Waals surface area contributed by atoms with Crippen LogP contribution in [0.4, 0.5) is 10.5 Å². The van der Waals surface area contributed by atoms with Gasteiger partial charge in [0.15, 0.2) is 6.10 Å². The number of rotatable bonds is 4. The highest BCUT2D eigenvalue weighted by Gasteiger charge is 2.23. The first-order valence-electron chi connectivity index (χ1n) is 6.61. The van der Waals surface area contributed by atoms with Gasteiger partial charge >= 0.3 is 6.09 Å². The Kier molecular flexibility index (Phi) is 4.45. The molecule has 6 nitrogen and oxygen atoms in total. The number of hydrogen-bond acceptors (Lipinski definition) is 4. The molecule has 0 fully saturated rings. The van der Waals surface area contributed by atoms with Gasteiger partial charge in [-0.1, -0.05) is 6.07 Å². The summed E-state index contributed by atoms with van der Waals surface area (Å²) >= 11 is 0. The van der Waals surface area contributed by atoms with Gasteiger partial charge in [-0.05, 0) is 38.0 Å². The first-order valence-corrected chi connectivity index (χ1v) is 6.61. The van der Waals surface area contributed by atoms with Crippen LogP contribution in [0, 0.1) is 0 Å².